The number of rotatable bonds is 7. The molecule has 13 nitrogen and oxygen atoms in total. The number of halogens is 1. The highest BCUT2D eigenvalue weighted by molar-refractivity contribution is 7.80. The lowest BCUT2D eigenvalue weighted by Crippen LogP contribution is -2.64. The van der Waals surface area contributed by atoms with Crippen LogP contribution in [0, 0.1) is 0 Å². The molecule has 2 aliphatic rings. The van der Waals surface area contributed by atoms with Crippen LogP contribution in [0.5, 0.6) is 5.75 Å². The summed E-state index contributed by atoms with van der Waals surface area (Å²) in [5.41, 5.74) is -1.14. The van der Waals surface area contributed by atoms with Gasteiger partial charge in [-0.05, 0) is 64.5 Å². The van der Waals surface area contributed by atoms with Crippen molar-refractivity contribution >= 4 is 53.8 Å². The number of allylic oxidation sites excluding steroid dienone is 3. The molecule has 3 amide bonds. The highest BCUT2D eigenvalue weighted by Gasteiger charge is 2.48. The summed E-state index contributed by atoms with van der Waals surface area (Å²) in [7, 11) is 5.94. The van der Waals surface area contributed by atoms with E-state index in [2.05, 4.69) is 17.9 Å². The number of nitrogens with zero attached hydrogens (tertiary/aromatic N) is 2. The molecule has 0 spiro atoms. The normalized spacial score (nSPS) is 28.3. The van der Waals surface area contributed by atoms with Crippen LogP contribution in [-0.4, -0.2) is 110 Å². The first-order valence-electron chi connectivity index (χ1n) is 16.3. The van der Waals surface area contributed by atoms with Crippen molar-refractivity contribution < 1.29 is 48.0 Å². The number of aliphatic hydroxyl groups is 1. The number of anilines is 1. The van der Waals surface area contributed by atoms with Crippen LogP contribution in [-0.2, 0) is 39.8 Å². The van der Waals surface area contributed by atoms with E-state index < -0.39 is 59.8 Å². The van der Waals surface area contributed by atoms with Gasteiger partial charge in [0.1, 0.15) is 40.7 Å². The second kappa shape index (κ2) is 17.3. The number of carbonyl (C=O) groups excluding carboxylic acids is 4. The van der Waals surface area contributed by atoms with Crippen molar-refractivity contribution in [1.82, 2.24) is 10.2 Å². The lowest BCUT2D eigenvalue weighted by molar-refractivity contribution is -0.203. The van der Waals surface area contributed by atoms with Crippen LogP contribution < -0.4 is 15.0 Å². The summed E-state index contributed by atoms with van der Waals surface area (Å²) in [6.45, 7) is 8.36. The Morgan fingerprint density at radius 1 is 1.26 bits per heavy atom. The Morgan fingerprint density at radius 3 is 2.56 bits per heavy atom. The zero-order valence-electron chi connectivity index (χ0n) is 30.2. The fraction of sp³-hybridized carbons (Fsp3) is 0.600. The third kappa shape index (κ3) is 9.93. The molecular formula is C35H50ClN3O10S. The summed E-state index contributed by atoms with van der Waals surface area (Å²) in [5, 5.41) is 14.3. The van der Waals surface area contributed by atoms with E-state index in [0.29, 0.717) is 23.6 Å². The van der Waals surface area contributed by atoms with Crippen LogP contribution in [0.2, 0.25) is 5.02 Å². The predicted octanol–water partition coefficient (Wildman–Crippen LogP) is 4.22. The Bertz CT molecular complexity index is 1490. The Hall–Kier alpha value is -3.30. The van der Waals surface area contributed by atoms with Crippen LogP contribution in [0.3, 0.4) is 0 Å². The molecule has 2 aliphatic heterocycles. The number of hydrogen-bond donors (Lipinski definition) is 3. The molecule has 4 bridgehead atoms. The molecule has 0 aliphatic carbocycles. The van der Waals surface area contributed by atoms with E-state index in [0.717, 1.165) is 11.1 Å². The minimum Gasteiger partial charge on any atom is -0.495 e. The number of amides is 3. The van der Waals surface area contributed by atoms with Crippen molar-refractivity contribution in [1.29, 1.82) is 0 Å². The van der Waals surface area contributed by atoms with E-state index in [-0.39, 0.29) is 30.2 Å². The minimum atomic E-state index is -1.86. The Morgan fingerprint density at radius 2 is 1.94 bits per heavy atom. The maximum absolute atomic E-state index is 14.0. The van der Waals surface area contributed by atoms with Crippen molar-refractivity contribution in [3.8, 4) is 5.75 Å². The number of thiol groups is 1. The molecule has 2 heterocycles. The quantitative estimate of drug-likeness (QED) is 0.274. The van der Waals surface area contributed by atoms with Gasteiger partial charge in [-0.1, -0.05) is 35.4 Å². The van der Waals surface area contributed by atoms with Gasteiger partial charge in [0.25, 0.3) is 0 Å². The predicted molar refractivity (Wildman–Crippen MR) is 192 cm³/mol. The maximum atomic E-state index is 14.0. The molecule has 1 aromatic rings. The van der Waals surface area contributed by atoms with Gasteiger partial charge in [-0.3, -0.25) is 14.9 Å². The van der Waals surface area contributed by atoms with Crippen molar-refractivity contribution in [3.63, 3.8) is 0 Å². The van der Waals surface area contributed by atoms with E-state index in [9.17, 15) is 24.3 Å². The van der Waals surface area contributed by atoms with Crippen LogP contribution in [0.1, 0.15) is 59.4 Å². The zero-order chi connectivity index (χ0) is 37.6. The number of esters is 1. The number of fused-ring (bicyclic) bond motifs is 4. The van der Waals surface area contributed by atoms with Gasteiger partial charge < -0.3 is 38.6 Å². The van der Waals surface area contributed by atoms with Gasteiger partial charge in [-0.2, -0.15) is 12.6 Å². The topological polar surface area (TPSA) is 153 Å². The molecule has 0 aromatic heterocycles. The first kappa shape index (κ1) is 41.1. The molecule has 1 fully saturated rings. The Labute approximate surface area is 304 Å². The summed E-state index contributed by atoms with van der Waals surface area (Å²) in [5.74, 6) is -0.859. The molecule has 1 saturated heterocycles. The number of methoxy groups -OCH3 is 2. The summed E-state index contributed by atoms with van der Waals surface area (Å²) in [6.07, 6.45) is 0.427. The lowest BCUT2D eigenvalue weighted by Gasteiger charge is -2.44. The molecule has 0 radical (unpaired) electrons. The monoisotopic (exact) mass is 739 g/mol. The van der Waals surface area contributed by atoms with E-state index >= 15 is 0 Å². The first-order valence-corrected chi connectivity index (χ1v) is 17.3. The second-order valence-corrected chi connectivity index (χ2v) is 14.0. The first-order chi connectivity index (χ1) is 23.4. The molecule has 50 heavy (non-hydrogen) atoms. The van der Waals surface area contributed by atoms with Gasteiger partial charge in [0, 0.05) is 34.0 Å². The molecule has 278 valence electrons. The van der Waals surface area contributed by atoms with Crippen LogP contribution >= 0.6 is 24.2 Å². The van der Waals surface area contributed by atoms with Gasteiger partial charge in [0.2, 0.25) is 11.8 Å². The number of likely N-dealkylation sites (N-methyl/N-ethyl adjacent to an activating group) is 1. The van der Waals surface area contributed by atoms with Crippen molar-refractivity contribution in [2.45, 2.75) is 102 Å². The van der Waals surface area contributed by atoms with Gasteiger partial charge in [-0.15, -0.1) is 0 Å². The smallest absolute Gasteiger partial charge is 0.409 e. The highest BCUT2D eigenvalue weighted by atomic mass is 35.5. The van der Waals surface area contributed by atoms with Crippen LogP contribution in [0.15, 0.2) is 35.9 Å². The number of carbonyl (C=O) groups is 4. The van der Waals surface area contributed by atoms with Gasteiger partial charge in [-0.25, -0.2) is 9.59 Å². The fourth-order valence-corrected chi connectivity index (χ4v) is 6.34. The van der Waals surface area contributed by atoms with E-state index in [1.165, 1.54) is 38.0 Å². The molecular weight excluding hydrogens is 690 g/mol. The molecule has 3 rings (SSSR count). The molecule has 1 aromatic carbocycles. The standard InChI is InChI=1S/C35H50ClN3O10S/c1-20-11-10-12-27(46-9)35(44)19-26(47-33(43)37-35)22(3)49-34(4,5)28(48-32(42)21(2)38(6)29(40)13-14-50)18-30(41)39(7)24-16-23(15-20)17-25(45-8)31(24)36/h10-12,16-17,21-22,26-28,44,50H,13-15,18-19H2,1-9H3,(H,37,43)/b12-10+,20-11+/t21-,22?,26+,27+,28-,35-/m0/s1. The lowest BCUT2D eigenvalue weighted by atomic mass is 9.93. The fourth-order valence-electron chi connectivity index (χ4n) is 5.83. The number of nitrogens with one attached hydrogen (secondary N) is 1. The average Bonchev–Trinajstić information content (AvgIpc) is 3.04. The van der Waals surface area contributed by atoms with Crippen molar-refractivity contribution in [2.75, 3.05) is 39.0 Å². The molecule has 15 heteroatoms. The number of ether oxygens (including phenoxy) is 5. The van der Waals surface area contributed by atoms with Crippen molar-refractivity contribution in [2.24, 2.45) is 0 Å². The van der Waals surface area contributed by atoms with E-state index in [4.69, 9.17) is 35.3 Å². The molecule has 0 saturated carbocycles. The SMILES string of the molecule is COc1cc2cc(c1Cl)N(C)C(=O)C[C@H](OC(=O)[C@H](C)N(C)C(=O)CCS)C(C)(C)OC(C)[C@H]1C[C@@](O)(NC(=O)O1)[C@H](OC)/C=C/C=C(\C)C2. The summed E-state index contributed by atoms with van der Waals surface area (Å²) in [6, 6.07) is 2.57. The Kier molecular flexibility index (Phi) is 14.2. The summed E-state index contributed by atoms with van der Waals surface area (Å²) >= 11 is 10.8. The van der Waals surface area contributed by atoms with Gasteiger partial charge in [0.15, 0.2) is 5.72 Å². The third-order valence-electron chi connectivity index (χ3n) is 9.05. The van der Waals surface area contributed by atoms with E-state index in [1.54, 1.807) is 52.1 Å². The van der Waals surface area contributed by atoms with Crippen LogP contribution in [0.25, 0.3) is 0 Å². The van der Waals surface area contributed by atoms with Crippen molar-refractivity contribution in [3.05, 3.63) is 46.5 Å². The molecule has 1 unspecified atom stereocenters. The number of hydrogen-bond acceptors (Lipinski definition) is 11. The van der Waals surface area contributed by atoms with Gasteiger partial charge >= 0.3 is 12.1 Å². The molecule has 6 atom stereocenters. The van der Waals surface area contributed by atoms with E-state index in [1.807, 2.05) is 13.0 Å². The number of benzene rings is 1. The molecule has 2 N–H and O–H groups in total. The zero-order valence-corrected chi connectivity index (χ0v) is 31.8. The highest BCUT2D eigenvalue weighted by Crippen LogP contribution is 2.38. The second-order valence-electron chi connectivity index (χ2n) is 13.2. The van der Waals surface area contributed by atoms with Gasteiger partial charge in [0.05, 0.1) is 25.3 Å². The number of alkyl carbamates (subject to hydrolysis) is 1. The minimum absolute atomic E-state index is 0.118. The summed E-state index contributed by atoms with van der Waals surface area (Å²) in [4.78, 5) is 55.5. The maximum Gasteiger partial charge on any atom is 0.409 e. The summed E-state index contributed by atoms with van der Waals surface area (Å²) < 4.78 is 29.1. The third-order valence-corrected chi connectivity index (χ3v) is 9.65. The average molecular weight is 740 g/mol. The Balaban J connectivity index is 2.13. The largest absolute Gasteiger partial charge is 0.495 e. The van der Waals surface area contributed by atoms with Crippen LogP contribution in [0.4, 0.5) is 10.5 Å².